The van der Waals surface area contributed by atoms with Gasteiger partial charge in [0.1, 0.15) is 17.0 Å². The van der Waals surface area contributed by atoms with Gasteiger partial charge in [-0.05, 0) is 61.2 Å². The fraction of sp³-hybridized carbons (Fsp3) is 0.250. The predicted molar refractivity (Wildman–Crippen MR) is 131 cm³/mol. The van der Waals surface area contributed by atoms with Crippen LogP contribution in [-0.4, -0.2) is 23.1 Å². The maximum Gasteiger partial charge on any atom is 0.143 e. The van der Waals surface area contributed by atoms with Gasteiger partial charge in [-0.3, -0.25) is 0 Å². The molecule has 1 fully saturated rings. The summed E-state index contributed by atoms with van der Waals surface area (Å²) in [5.41, 5.74) is 4.78. The summed E-state index contributed by atoms with van der Waals surface area (Å²) in [5, 5.41) is 4.65. The number of nitrogens with zero attached hydrogens (tertiary/aromatic N) is 3. The topological polar surface area (TPSA) is 41.1 Å². The number of thiophene rings is 1. The molecular formula is C24H23BrN4S. The lowest BCUT2D eigenvalue weighted by atomic mass is 10.0. The largest absolute Gasteiger partial charge is 0.372 e. The molecule has 0 amide bonds. The van der Waals surface area contributed by atoms with Crippen molar-refractivity contribution >= 4 is 54.7 Å². The summed E-state index contributed by atoms with van der Waals surface area (Å²) in [6.07, 6.45) is 5.20. The van der Waals surface area contributed by atoms with E-state index in [4.69, 9.17) is 0 Å². The number of anilines is 3. The van der Waals surface area contributed by atoms with E-state index in [9.17, 15) is 0 Å². The van der Waals surface area contributed by atoms with Gasteiger partial charge < -0.3 is 10.2 Å². The standard InChI is InChI=1S/C24H23BrN4S/c1-2-20-21(16-5-7-17(25)8-6-16)22-23(26-15-27-24(22)30-20)28-18-9-11-19(12-10-18)29-13-3-4-14-29/h5-12,15H,2-4,13-14H2,1H3,(H,26,27,28). The van der Waals surface area contributed by atoms with Crippen LogP contribution in [0.15, 0.2) is 59.3 Å². The molecule has 4 aromatic rings. The molecule has 1 aliphatic rings. The highest BCUT2D eigenvalue weighted by atomic mass is 79.9. The number of nitrogens with one attached hydrogen (secondary N) is 1. The first-order valence-corrected chi connectivity index (χ1v) is 12.0. The number of rotatable bonds is 5. The third-order valence-corrected chi connectivity index (χ3v) is 7.39. The van der Waals surface area contributed by atoms with Crippen molar-refractivity contribution in [3.05, 3.63) is 64.2 Å². The number of aryl methyl sites for hydroxylation is 1. The summed E-state index contributed by atoms with van der Waals surface area (Å²) in [7, 11) is 0. The van der Waals surface area contributed by atoms with Crippen molar-refractivity contribution in [2.75, 3.05) is 23.3 Å². The lowest BCUT2D eigenvalue weighted by molar-refractivity contribution is 0.949. The minimum absolute atomic E-state index is 0.864. The van der Waals surface area contributed by atoms with Gasteiger partial charge in [-0.1, -0.05) is 35.0 Å². The lowest BCUT2D eigenvalue weighted by Gasteiger charge is -2.18. The van der Waals surface area contributed by atoms with E-state index in [0.717, 1.165) is 45.7 Å². The van der Waals surface area contributed by atoms with Crippen molar-refractivity contribution in [1.82, 2.24) is 9.97 Å². The molecule has 5 rings (SSSR count). The average Bonchev–Trinajstić information content (AvgIpc) is 3.43. The van der Waals surface area contributed by atoms with Crippen molar-refractivity contribution in [2.45, 2.75) is 26.2 Å². The molecule has 152 valence electrons. The Labute approximate surface area is 189 Å². The molecule has 0 spiro atoms. The Balaban J connectivity index is 1.54. The molecule has 0 radical (unpaired) electrons. The second-order valence-corrected chi connectivity index (χ2v) is 9.53. The quantitative estimate of drug-likeness (QED) is 0.334. The van der Waals surface area contributed by atoms with Gasteiger partial charge in [-0.25, -0.2) is 9.97 Å². The van der Waals surface area contributed by atoms with E-state index in [0.29, 0.717) is 0 Å². The summed E-state index contributed by atoms with van der Waals surface area (Å²) >= 11 is 5.30. The van der Waals surface area contributed by atoms with Crippen LogP contribution in [0.25, 0.3) is 21.3 Å². The number of hydrogen-bond acceptors (Lipinski definition) is 5. The van der Waals surface area contributed by atoms with Crippen LogP contribution in [0, 0.1) is 0 Å². The van der Waals surface area contributed by atoms with Gasteiger partial charge >= 0.3 is 0 Å². The number of aromatic nitrogens is 2. The van der Waals surface area contributed by atoms with E-state index >= 15 is 0 Å². The van der Waals surface area contributed by atoms with E-state index in [2.05, 4.69) is 91.6 Å². The summed E-state index contributed by atoms with van der Waals surface area (Å²) in [6.45, 7) is 4.51. The second-order valence-electron chi connectivity index (χ2n) is 7.53. The van der Waals surface area contributed by atoms with E-state index in [1.807, 2.05) is 0 Å². The molecule has 0 unspecified atom stereocenters. The fourth-order valence-electron chi connectivity index (χ4n) is 4.11. The van der Waals surface area contributed by atoms with Crippen LogP contribution in [0.2, 0.25) is 0 Å². The lowest BCUT2D eigenvalue weighted by Crippen LogP contribution is -2.17. The summed E-state index contributed by atoms with van der Waals surface area (Å²) in [6, 6.07) is 17.2. The molecule has 1 saturated heterocycles. The van der Waals surface area contributed by atoms with Crippen molar-refractivity contribution in [1.29, 1.82) is 0 Å². The van der Waals surface area contributed by atoms with E-state index in [1.165, 1.54) is 34.5 Å². The van der Waals surface area contributed by atoms with Crippen LogP contribution in [0.3, 0.4) is 0 Å². The third kappa shape index (κ3) is 3.70. The van der Waals surface area contributed by atoms with Gasteiger partial charge in [0.2, 0.25) is 0 Å². The van der Waals surface area contributed by atoms with Crippen molar-refractivity contribution in [2.24, 2.45) is 0 Å². The highest BCUT2D eigenvalue weighted by molar-refractivity contribution is 9.10. The zero-order chi connectivity index (χ0) is 20.5. The Morgan fingerprint density at radius 3 is 2.43 bits per heavy atom. The maximum atomic E-state index is 4.62. The normalized spacial score (nSPS) is 13.9. The molecular weight excluding hydrogens is 456 g/mol. The SMILES string of the molecule is CCc1sc2ncnc(Nc3ccc(N4CCCC4)cc3)c2c1-c1ccc(Br)cc1. The number of benzene rings is 2. The third-order valence-electron chi connectivity index (χ3n) is 5.62. The van der Waals surface area contributed by atoms with Crippen LogP contribution in [0.1, 0.15) is 24.6 Å². The monoisotopic (exact) mass is 478 g/mol. The molecule has 1 N–H and O–H groups in total. The summed E-state index contributed by atoms with van der Waals surface area (Å²) in [5.74, 6) is 0.864. The average molecular weight is 479 g/mol. The molecule has 3 heterocycles. The number of fused-ring (bicyclic) bond motifs is 1. The molecule has 0 atom stereocenters. The maximum absolute atomic E-state index is 4.62. The van der Waals surface area contributed by atoms with E-state index < -0.39 is 0 Å². The number of hydrogen-bond donors (Lipinski definition) is 1. The Hall–Kier alpha value is -2.44. The first kappa shape index (κ1) is 19.5. The minimum atomic E-state index is 0.864. The Bertz CT molecular complexity index is 1160. The fourth-order valence-corrected chi connectivity index (χ4v) is 5.48. The second kappa shape index (κ2) is 8.36. The van der Waals surface area contributed by atoms with Gasteiger partial charge in [0.25, 0.3) is 0 Å². The smallest absolute Gasteiger partial charge is 0.143 e. The van der Waals surface area contributed by atoms with Crippen LogP contribution in [0.5, 0.6) is 0 Å². The van der Waals surface area contributed by atoms with Gasteiger partial charge in [0.15, 0.2) is 0 Å². The first-order valence-electron chi connectivity index (χ1n) is 10.4. The molecule has 2 aromatic heterocycles. The van der Waals surface area contributed by atoms with Gasteiger partial charge in [-0.2, -0.15) is 0 Å². The Morgan fingerprint density at radius 1 is 1.00 bits per heavy atom. The van der Waals surface area contributed by atoms with Crippen LogP contribution in [0.4, 0.5) is 17.2 Å². The van der Waals surface area contributed by atoms with Crippen molar-refractivity contribution in [3.63, 3.8) is 0 Å². The molecule has 2 aromatic carbocycles. The number of halogens is 1. The summed E-state index contributed by atoms with van der Waals surface area (Å²) in [4.78, 5) is 14.0. The van der Waals surface area contributed by atoms with Crippen molar-refractivity contribution in [3.8, 4) is 11.1 Å². The molecule has 30 heavy (non-hydrogen) atoms. The van der Waals surface area contributed by atoms with Gasteiger partial charge in [0, 0.05) is 39.4 Å². The van der Waals surface area contributed by atoms with Crippen LogP contribution < -0.4 is 10.2 Å². The first-order chi connectivity index (χ1) is 14.7. The van der Waals surface area contributed by atoms with Gasteiger partial charge in [0.05, 0.1) is 5.39 Å². The molecule has 6 heteroatoms. The highest BCUT2D eigenvalue weighted by Gasteiger charge is 2.18. The van der Waals surface area contributed by atoms with Gasteiger partial charge in [-0.15, -0.1) is 11.3 Å². The molecule has 0 aliphatic carbocycles. The highest BCUT2D eigenvalue weighted by Crippen LogP contribution is 2.42. The molecule has 1 aliphatic heterocycles. The zero-order valence-electron chi connectivity index (χ0n) is 16.9. The Morgan fingerprint density at radius 2 is 1.73 bits per heavy atom. The van der Waals surface area contributed by atoms with E-state index in [1.54, 1.807) is 17.7 Å². The van der Waals surface area contributed by atoms with E-state index in [-0.39, 0.29) is 0 Å². The molecule has 0 bridgehead atoms. The molecule has 4 nitrogen and oxygen atoms in total. The van der Waals surface area contributed by atoms with Crippen molar-refractivity contribution < 1.29 is 0 Å². The molecule has 0 saturated carbocycles. The minimum Gasteiger partial charge on any atom is -0.372 e. The summed E-state index contributed by atoms with van der Waals surface area (Å²) < 4.78 is 1.08. The zero-order valence-corrected chi connectivity index (χ0v) is 19.3. The van der Waals surface area contributed by atoms with Crippen LogP contribution >= 0.6 is 27.3 Å². The van der Waals surface area contributed by atoms with Crippen LogP contribution in [-0.2, 0) is 6.42 Å². The predicted octanol–water partition coefficient (Wildman–Crippen LogP) is 7.03. The Kier molecular flexibility index (Phi) is 5.44.